The van der Waals surface area contributed by atoms with Gasteiger partial charge in [0.1, 0.15) is 23.9 Å². The maximum atomic E-state index is 11.0. The van der Waals surface area contributed by atoms with Crippen molar-refractivity contribution >= 4 is 0 Å². The molecular weight excluding hydrogens is 378 g/mol. The van der Waals surface area contributed by atoms with Gasteiger partial charge in [0.15, 0.2) is 0 Å². The second-order valence-corrected chi connectivity index (χ2v) is 8.26. The highest BCUT2D eigenvalue weighted by molar-refractivity contribution is 5.51. The van der Waals surface area contributed by atoms with Gasteiger partial charge in [0, 0.05) is 30.1 Å². The normalized spacial score (nSPS) is 22.2. The van der Waals surface area contributed by atoms with Crippen LogP contribution in [0.3, 0.4) is 0 Å². The molecule has 2 fully saturated rings. The summed E-state index contributed by atoms with van der Waals surface area (Å²) in [6, 6.07) is 12.1. The van der Waals surface area contributed by atoms with Gasteiger partial charge in [-0.2, -0.15) is 0 Å². The molecule has 2 aliphatic rings. The van der Waals surface area contributed by atoms with Crippen LogP contribution in [0.15, 0.2) is 36.4 Å². The smallest absolute Gasteiger partial charge is 0.127 e. The lowest BCUT2D eigenvalue weighted by molar-refractivity contribution is 0.182. The fourth-order valence-corrected chi connectivity index (χ4v) is 4.53. The maximum absolute atomic E-state index is 11.0. The van der Waals surface area contributed by atoms with Crippen LogP contribution in [-0.2, 0) is 0 Å². The molecule has 2 unspecified atom stereocenters. The number of phenolic OH excluding ortho intramolecular Hbond substituents is 1. The van der Waals surface area contributed by atoms with E-state index in [4.69, 9.17) is 9.47 Å². The Morgan fingerprint density at radius 2 is 1.83 bits per heavy atom. The highest BCUT2D eigenvalue weighted by Gasteiger charge is 2.32. The Balaban J connectivity index is 1.45. The highest BCUT2D eigenvalue weighted by atomic mass is 16.5. The molecule has 0 radical (unpaired) electrons. The summed E-state index contributed by atoms with van der Waals surface area (Å²) in [5.74, 6) is 2.14. The summed E-state index contributed by atoms with van der Waals surface area (Å²) >= 11 is 0. The van der Waals surface area contributed by atoms with E-state index in [9.17, 15) is 5.11 Å². The van der Waals surface area contributed by atoms with Gasteiger partial charge in [-0.05, 0) is 62.7 Å². The molecule has 162 valence electrons. The second-order valence-electron chi connectivity index (χ2n) is 8.26. The minimum absolute atomic E-state index is 0.0144. The lowest BCUT2D eigenvalue weighted by Crippen LogP contribution is -2.33. The molecule has 2 aromatic carbocycles. The first kappa shape index (κ1) is 21.0. The van der Waals surface area contributed by atoms with Crippen LogP contribution in [0.25, 0.3) is 0 Å². The number of ether oxygens (including phenoxy) is 2. The van der Waals surface area contributed by atoms with Crippen LogP contribution in [0, 0.1) is 6.92 Å². The summed E-state index contributed by atoms with van der Waals surface area (Å²) in [7, 11) is 1.67. The van der Waals surface area contributed by atoms with Crippen LogP contribution in [0.2, 0.25) is 0 Å². The number of rotatable bonds is 7. The van der Waals surface area contributed by atoms with Crippen molar-refractivity contribution in [1.29, 1.82) is 0 Å². The number of piperidine rings is 1. The van der Waals surface area contributed by atoms with Gasteiger partial charge in [-0.1, -0.05) is 18.6 Å². The first-order chi connectivity index (χ1) is 14.7. The van der Waals surface area contributed by atoms with Crippen molar-refractivity contribution in [3.8, 4) is 17.2 Å². The fourth-order valence-electron chi connectivity index (χ4n) is 4.53. The van der Waals surface area contributed by atoms with Crippen molar-refractivity contribution in [2.75, 3.05) is 39.9 Å². The minimum atomic E-state index is -0.0144. The van der Waals surface area contributed by atoms with E-state index < -0.39 is 0 Å². The number of aromatic hydroxyl groups is 1. The molecule has 0 bridgehead atoms. The minimum Gasteiger partial charge on any atom is -0.507 e. The number of hydrogen-bond donors (Lipinski definition) is 3. The molecule has 2 aliphatic heterocycles. The Morgan fingerprint density at radius 3 is 2.57 bits per heavy atom. The Hall–Kier alpha value is -2.28. The van der Waals surface area contributed by atoms with Crippen LogP contribution in [0.1, 0.15) is 47.9 Å². The zero-order valence-electron chi connectivity index (χ0n) is 18.0. The van der Waals surface area contributed by atoms with E-state index in [1.165, 1.54) is 37.9 Å². The Bertz CT molecular complexity index is 834. The number of hydrazine groups is 1. The van der Waals surface area contributed by atoms with E-state index in [0.29, 0.717) is 12.4 Å². The molecule has 2 heterocycles. The zero-order valence-corrected chi connectivity index (χ0v) is 18.0. The largest absolute Gasteiger partial charge is 0.507 e. The Labute approximate surface area is 179 Å². The van der Waals surface area contributed by atoms with Crippen LogP contribution >= 0.6 is 0 Å². The molecule has 2 atom stereocenters. The first-order valence-corrected chi connectivity index (χ1v) is 11.0. The number of phenols is 1. The molecule has 6 heteroatoms. The zero-order chi connectivity index (χ0) is 20.9. The van der Waals surface area contributed by atoms with Gasteiger partial charge in [-0.3, -0.25) is 10.3 Å². The van der Waals surface area contributed by atoms with Gasteiger partial charge in [0.25, 0.3) is 0 Å². The van der Waals surface area contributed by atoms with E-state index in [2.05, 4.69) is 27.9 Å². The molecule has 4 rings (SSSR count). The molecule has 0 aromatic heterocycles. The van der Waals surface area contributed by atoms with Crippen molar-refractivity contribution in [3.63, 3.8) is 0 Å². The topological polar surface area (TPSA) is 66.0 Å². The highest BCUT2D eigenvalue weighted by Crippen LogP contribution is 2.41. The van der Waals surface area contributed by atoms with E-state index in [-0.39, 0.29) is 12.0 Å². The van der Waals surface area contributed by atoms with Crippen LogP contribution in [-0.4, -0.2) is 49.9 Å². The molecule has 2 saturated heterocycles. The van der Waals surface area contributed by atoms with E-state index in [0.717, 1.165) is 35.7 Å². The van der Waals surface area contributed by atoms with Crippen molar-refractivity contribution in [1.82, 2.24) is 15.8 Å². The molecule has 0 aliphatic carbocycles. The van der Waals surface area contributed by atoms with Gasteiger partial charge in [-0.25, -0.2) is 5.43 Å². The molecule has 0 amide bonds. The van der Waals surface area contributed by atoms with E-state index >= 15 is 0 Å². The van der Waals surface area contributed by atoms with E-state index in [1.54, 1.807) is 7.11 Å². The van der Waals surface area contributed by atoms with Gasteiger partial charge < -0.3 is 14.6 Å². The third-order valence-electron chi connectivity index (χ3n) is 6.39. The Morgan fingerprint density at radius 1 is 1.07 bits per heavy atom. The summed E-state index contributed by atoms with van der Waals surface area (Å²) in [5, 5.41) is 11.0. The van der Waals surface area contributed by atoms with Crippen LogP contribution < -0.4 is 20.3 Å². The quantitative estimate of drug-likeness (QED) is 0.648. The SMILES string of the molecule is COc1ccc(C2CNNC2c2ccc(OCCN3CCCCC3)c(C)c2O)cc1. The van der Waals surface area contributed by atoms with Gasteiger partial charge in [0.2, 0.25) is 0 Å². The molecule has 6 nitrogen and oxygen atoms in total. The van der Waals surface area contributed by atoms with E-state index in [1.807, 2.05) is 31.2 Å². The number of nitrogens with one attached hydrogen (secondary N) is 2. The molecular formula is C24H33N3O3. The van der Waals surface area contributed by atoms with Gasteiger partial charge in [0.05, 0.1) is 13.2 Å². The second kappa shape index (κ2) is 9.69. The van der Waals surface area contributed by atoms with Crippen LogP contribution in [0.4, 0.5) is 0 Å². The predicted molar refractivity (Wildman–Crippen MR) is 118 cm³/mol. The van der Waals surface area contributed by atoms with Crippen molar-refractivity contribution in [2.24, 2.45) is 0 Å². The molecule has 2 aromatic rings. The van der Waals surface area contributed by atoms with Crippen molar-refractivity contribution in [2.45, 2.75) is 38.1 Å². The summed E-state index contributed by atoms with van der Waals surface area (Å²) < 4.78 is 11.3. The molecule has 30 heavy (non-hydrogen) atoms. The standard InChI is InChI=1S/C24H33N3O3/c1-17-22(30-15-14-27-12-4-3-5-13-27)11-10-20(24(17)28)23-21(16-25-26-23)18-6-8-19(29-2)9-7-18/h6-11,21,23,25-26,28H,3-5,12-16H2,1-2H3. The summed E-state index contributed by atoms with van der Waals surface area (Å²) in [6.45, 7) is 6.65. The first-order valence-electron chi connectivity index (χ1n) is 11.0. The average Bonchev–Trinajstić information content (AvgIpc) is 3.27. The van der Waals surface area contributed by atoms with Crippen molar-refractivity contribution in [3.05, 3.63) is 53.1 Å². The Kier molecular flexibility index (Phi) is 6.77. The van der Waals surface area contributed by atoms with Crippen LogP contribution in [0.5, 0.6) is 17.2 Å². The third kappa shape index (κ3) is 4.56. The summed E-state index contributed by atoms with van der Waals surface area (Å²) in [5.41, 5.74) is 9.48. The van der Waals surface area contributed by atoms with Gasteiger partial charge in [-0.15, -0.1) is 0 Å². The van der Waals surface area contributed by atoms with Crippen molar-refractivity contribution < 1.29 is 14.6 Å². The maximum Gasteiger partial charge on any atom is 0.127 e. The third-order valence-corrected chi connectivity index (χ3v) is 6.39. The molecule has 0 spiro atoms. The molecule has 3 N–H and O–H groups in total. The monoisotopic (exact) mass is 411 g/mol. The number of methoxy groups -OCH3 is 1. The number of hydrogen-bond acceptors (Lipinski definition) is 6. The number of benzene rings is 2. The average molecular weight is 412 g/mol. The van der Waals surface area contributed by atoms with Gasteiger partial charge >= 0.3 is 0 Å². The lowest BCUT2D eigenvalue weighted by Gasteiger charge is -2.26. The number of likely N-dealkylation sites (tertiary alicyclic amines) is 1. The predicted octanol–water partition coefficient (Wildman–Crippen LogP) is 3.51. The fraction of sp³-hybridized carbons (Fsp3) is 0.500. The lowest BCUT2D eigenvalue weighted by atomic mass is 9.87. The molecule has 0 saturated carbocycles. The summed E-state index contributed by atoms with van der Waals surface area (Å²) in [6.07, 6.45) is 3.91. The number of nitrogens with zero attached hydrogens (tertiary/aromatic N) is 1. The summed E-state index contributed by atoms with van der Waals surface area (Å²) in [4.78, 5) is 2.46.